The van der Waals surface area contributed by atoms with E-state index < -0.39 is 5.79 Å². The highest BCUT2D eigenvalue weighted by Gasteiger charge is 2.41. The van der Waals surface area contributed by atoms with E-state index in [0.29, 0.717) is 18.8 Å². The van der Waals surface area contributed by atoms with E-state index >= 15 is 0 Å². The molecule has 0 N–H and O–H groups in total. The lowest BCUT2D eigenvalue weighted by atomic mass is 9.94. The summed E-state index contributed by atoms with van der Waals surface area (Å²) >= 11 is 0. The fourth-order valence-corrected chi connectivity index (χ4v) is 5.55. The minimum Gasteiger partial charge on any atom is -0.357 e. The van der Waals surface area contributed by atoms with Crippen LogP contribution in [0.4, 0.5) is 5.82 Å². The fourth-order valence-electron chi connectivity index (χ4n) is 5.55. The van der Waals surface area contributed by atoms with Crippen molar-refractivity contribution in [1.82, 2.24) is 9.38 Å². The van der Waals surface area contributed by atoms with Gasteiger partial charge in [0, 0.05) is 37.9 Å². The number of fused-ring (bicyclic) bond motifs is 3. The molecule has 0 radical (unpaired) electrons. The number of aromatic nitrogens is 2. The Labute approximate surface area is 199 Å². The van der Waals surface area contributed by atoms with Crippen LogP contribution in [-0.2, 0) is 15.9 Å². The summed E-state index contributed by atoms with van der Waals surface area (Å²) < 4.78 is 14.2. The monoisotopic (exact) mass is 452 g/mol. The van der Waals surface area contributed by atoms with Crippen molar-refractivity contribution in [2.45, 2.75) is 38.9 Å². The third kappa shape index (κ3) is 3.27. The Kier molecular flexibility index (Phi) is 5.05. The second-order valence-corrected chi connectivity index (χ2v) is 9.37. The molecule has 4 heterocycles. The SMILES string of the molecule is Cc1ccccc1Cc1c(C)c(C#N)c2nc3ccccc3n2c1N1CCC2(CC1)OCCO2. The first-order valence-corrected chi connectivity index (χ1v) is 12.0. The van der Waals surface area contributed by atoms with Crippen molar-refractivity contribution >= 4 is 22.5 Å². The molecule has 2 aromatic carbocycles. The predicted molar refractivity (Wildman–Crippen MR) is 132 cm³/mol. The van der Waals surface area contributed by atoms with Crippen LogP contribution in [0.5, 0.6) is 0 Å². The number of aryl methyl sites for hydroxylation is 1. The fraction of sp³-hybridized carbons (Fsp3) is 0.357. The molecule has 0 bridgehead atoms. The molecule has 6 rings (SSSR count). The van der Waals surface area contributed by atoms with E-state index in [1.165, 1.54) is 16.7 Å². The van der Waals surface area contributed by atoms with Crippen molar-refractivity contribution in [3.8, 4) is 6.07 Å². The maximum atomic E-state index is 10.2. The zero-order chi connectivity index (χ0) is 23.3. The Balaban J connectivity index is 1.58. The van der Waals surface area contributed by atoms with Gasteiger partial charge >= 0.3 is 0 Å². The molecule has 2 aliphatic rings. The second-order valence-electron chi connectivity index (χ2n) is 9.37. The topological polar surface area (TPSA) is 62.8 Å². The van der Waals surface area contributed by atoms with E-state index in [-0.39, 0.29) is 0 Å². The predicted octanol–water partition coefficient (Wildman–Crippen LogP) is 4.91. The molecule has 0 atom stereocenters. The van der Waals surface area contributed by atoms with Gasteiger partial charge in [-0.15, -0.1) is 0 Å². The van der Waals surface area contributed by atoms with Gasteiger partial charge in [0.2, 0.25) is 0 Å². The van der Waals surface area contributed by atoms with Crippen molar-refractivity contribution < 1.29 is 9.47 Å². The molecule has 4 aromatic rings. The number of hydrogen-bond donors (Lipinski definition) is 0. The third-order valence-corrected chi connectivity index (χ3v) is 7.47. The maximum absolute atomic E-state index is 10.2. The maximum Gasteiger partial charge on any atom is 0.171 e. The van der Waals surface area contributed by atoms with E-state index in [4.69, 9.17) is 14.5 Å². The number of rotatable bonds is 3. The molecular formula is C28H28N4O2. The molecule has 0 unspecified atom stereocenters. The molecule has 6 nitrogen and oxygen atoms in total. The summed E-state index contributed by atoms with van der Waals surface area (Å²) in [5.74, 6) is 0.695. The number of imidazole rings is 1. The van der Waals surface area contributed by atoms with E-state index in [0.717, 1.165) is 60.4 Å². The van der Waals surface area contributed by atoms with Gasteiger partial charge in [-0.1, -0.05) is 36.4 Å². The van der Waals surface area contributed by atoms with Crippen LogP contribution in [-0.4, -0.2) is 41.5 Å². The van der Waals surface area contributed by atoms with Gasteiger partial charge in [-0.05, 0) is 42.7 Å². The van der Waals surface area contributed by atoms with Crippen LogP contribution >= 0.6 is 0 Å². The molecule has 2 aromatic heterocycles. The van der Waals surface area contributed by atoms with Gasteiger partial charge in [0.25, 0.3) is 0 Å². The van der Waals surface area contributed by atoms with Gasteiger partial charge in [-0.25, -0.2) is 4.98 Å². The highest BCUT2D eigenvalue weighted by Crippen LogP contribution is 2.39. The summed E-state index contributed by atoms with van der Waals surface area (Å²) in [4.78, 5) is 7.35. The Morgan fingerprint density at radius 1 is 1.00 bits per heavy atom. The Bertz CT molecular complexity index is 1430. The summed E-state index contributed by atoms with van der Waals surface area (Å²) in [5, 5.41) is 10.2. The number of pyridine rings is 1. The van der Waals surface area contributed by atoms with Crippen molar-refractivity contribution in [3.05, 3.63) is 76.3 Å². The molecule has 1 spiro atoms. The van der Waals surface area contributed by atoms with Gasteiger partial charge < -0.3 is 14.4 Å². The second kappa shape index (κ2) is 8.12. The summed E-state index contributed by atoms with van der Waals surface area (Å²) in [6.45, 7) is 7.22. The lowest BCUT2D eigenvalue weighted by Crippen LogP contribution is -2.46. The van der Waals surface area contributed by atoms with Gasteiger partial charge in [0.05, 0.1) is 29.8 Å². The minimum atomic E-state index is -0.440. The van der Waals surface area contributed by atoms with Crippen molar-refractivity contribution in [3.63, 3.8) is 0 Å². The third-order valence-electron chi connectivity index (χ3n) is 7.47. The number of ether oxygens (including phenoxy) is 2. The number of benzene rings is 2. The minimum absolute atomic E-state index is 0.440. The largest absolute Gasteiger partial charge is 0.357 e. The van der Waals surface area contributed by atoms with Crippen LogP contribution in [0.15, 0.2) is 48.5 Å². The van der Waals surface area contributed by atoms with Crippen molar-refractivity contribution in [2.75, 3.05) is 31.2 Å². The van der Waals surface area contributed by atoms with Crippen LogP contribution < -0.4 is 4.90 Å². The molecule has 0 saturated carbocycles. The van der Waals surface area contributed by atoms with Crippen LogP contribution in [0.3, 0.4) is 0 Å². The van der Waals surface area contributed by atoms with Crippen LogP contribution in [0.2, 0.25) is 0 Å². The lowest BCUT2D eigenvalue weighted by molar-refractivity contribution is -0.169. The zero-order valence-electron chi connectivity index (χ0n) is 19.7. The number of hydrogen-bond acceptors (Lipinski definition) is 5. The number of nitriles is 1. The average Bonchev–Trinajstić information content (AvgIpc) is 3.47. The number of anilines is 1. The summed E-state index contributed by atoms with van der Waals surface area (Å²) in [5.41, 5.74) is 8.05. The van der Waals surface area contributed by atoms with E-state index in [1.54, 1.807) is 0 Å². The zero-order valence-corrected chi connectivity index (χ0v) is 19.7. The molecule has 34 heavy (non-hydrogen) atoms. The molecule has 2 aliphatic heterocycles. The lowest BCUT2D eigenvalue weighted by Gasteiger charge is -2.40. The van der Waals surface area contributed by atoms with Gasteiger partial charge in [-0.3, -0.25) is 4.40 Å². The molecule has 0 amide bonds. The number of nitrogens with zero attached hydrogens (tertiary/aromatic N) is 4. The van der Waals surface area contributed by atoms with Gasteiger partial charge in [0.15, 0.2) is 11.4 Å². The molecule has 6 heteroatoms. The Hall–Kier alpha value is -3.40. The van der Waals surface area contributed by atoms with Crippen LogP contribution in [0, 0.1) is 25.2 Å². The first-order chi connectivity index (χ1) is 16.6. The van der Waals surface area contributed by atoms with Crippen molar-refractivity contribution in [2.24, 2.45) is 0 Å². The molecular weight excluding hydrogens is 424 g/mol. The number of para-hydroxylation sites is 2. The molecule has 2 fully saturated rings. The standard InChI is InChI=1S/C28H28N4O2/c1-19-7-3-4-8-21(19)17-22-20(2)23(18-29)26-30-24-9-5-6-10-25(24)32(26)27(22)31-13-11-28(12-14-31)33-15-16-34-28/h3-10H,11-17H2,1-2H3. The smallest absolute Gasteiger partial charge is 0.171 e. The van der Waals surface area contributed by atoms with E-state index in [2.05, 4.69) is 59.5 Å². The highest BCUT2D eigenvalue weighted by molar-refractivity contribution is 5.86. The van der Waals surface area contributed by atoms with Crippen LogP contribution in [0.1, 0.15) is 40.7 Å². The van der Waals surface area contributed by atoms with Gasteiger partial charge in [-0.2, -0.15) is 5.26 Å². The van der Waals surface area contributed by atoms with Crippen LogP contribution in [0.25, 0.3) is 16.7 Å². The number of piperidine rings is 1. The average molecular weight is 453 g/mol. The van der Waals surface area contributed by atoms with E-state index in [9.17, 15) is 5.26 Å². The molecule has 2 saturated heterocycles. The van der Waals surface area contributed by atoms with Crippen molar-refractivity contribution in [1.29, 1.82) is 5.26 Å². The van der Waals surface area contributed by atoms with E-state index in [1.807, 2.05) is 18.2 Å². The summed E-state index contributed by atoms with van der Waals surface area (Å²) in [7, 11) is 0. The first-order valence-electron chi connectivity index (χ1n) is 12.0. The molecule has 172 valence electrons. The Morgan fingerprint density at radius 2 is 1.71 bits per heavy atom. The quantitative estimate of drug-likeness (QED) is 0.442. The highest BCUT2D eigenvalue weighted by atomic mass is 16.7. The Morgan fingerprint density at radius 3 is 2.44 bits per heavy atom. The normalized spacial score (nSPS) is 17.6. The summed E-state index contributed by atoms with van der Waals surface area (Å²) in [6, 6.07) is 19.1. The van der Waals surface area contributed by atoms with Gasteiger partial charge in [0.1, 0.15) is 11.9 Å². The summed E-state index contributed by atoms with van der Waals surface area (Å²) in [6.07, 6.45) is 2.41. The first kappa shape index (κ1) is 21.2. The molecule has 0 aliphatic carbocycles.